The Kier molecular flexibility index (Phi) is 3.29. The van der Waals surface area contributed by atoms with Crippen LogP contribution in [-0.4, -0.2) is 60.4 Å². The lowest BCUT2D eigenvalue weighted by Crippen LogP contribution is -2.46. The van der Waals surface area contributed by atoms with Gasteiger partial charge in [-0.25, -0.2) is 9.97 Å². The molecule has 21 heavy (non-hydrogen) atoms. The molecule has 0 amide bonds. The number of aromatic hydroxyl groups is 1. The molecule has 3 rings (SSSR count). The van der Waals surface area contributed by atoms with Crippen LogP contribution < -0.4 is 0 Å². The highest BCUT2D eigenvalue weighted by Gasteiger charge is 2.54. The van der Waals surface area contributed by atoms with Crippen LogP contribution in [0.25, 0.3) is 11.2 Å². The first-order valence-corrected chi connectivity index (χ1v) is 6.42. The van der Waals surface area contributed by atoms with Gasteiger partial charge in [-0.1, -0.05) is 6.92 Å². The zero-order valence-electron chi connectivity index (χ0n) is 11.5. The second kappa shape index (κ2) is 4.88. The standard InChI is InChI=1S/C12H16N4O5/c1-6-8(18)12(3-17,20-2)21-11(6)16-5-15-7-9(16)13-4-14-10(7)19/h4-6,8,11,17-18H,3H2,1-2H3,(H,13,14,19)/t6-,8+,11-,12-/m1/s1. The number of hydrogen-bond donors (Lipinski definition) is 3. The second-order valence-electron chi connectivity index (χ2n) is 5.01. The van der Waals surface area contributed by atoms with Crippen molar-refractivity contribution in [2.24, 2.45) is 5.92 Å². The third kappa shape index (κ3) is 1.89. The van der Waals surface area contributed by atoms with E-state index in [1.54, 1.807) is 11.5 Å². The summed E-state index contributed by atoms with van der Waals surface area (Å²) in [5.74, 6) is -2.10. The summed E-state index contributed by atoms with van der Waals surface area (Å²) in [6.45, 7) is 1.27. The van der Waals surface area contributed by atoms with E-state index in [1.165, 1.54) is 19.8 Å². The molecule has 3 heterocycles. The van der Waals surface area contributed by atoms with Crippen molar-refractivity contribution in [1.82, 2.24) is 19.5 Å². The molecule has 0 spiro atoms. The van der Waals surface area contributed by atoms with Gasteiger partial charge >= 0.3 is 0 Å². The summed E-state index contributed by atoms with van der Waals surface area (Å²) in [7, 11) is 1.36. The maximum Gasteiger partial charge on any atom is 0.242 e. The third-order valence-corrected chi connectivity index (χ3v) is 3.90. The summed E-state index contributed by atoms with van der Waals surface area (Å²) >= 11 is 0. The molecule has 2 aromatic heterocycles. The van der Waals surface area contributed by atoms with Crippen molar-refractivity contribution in [3.8, 4) is 5.88 Å². The van der Waals surface area contributed by atoms with Crippen LogP contribution in [-0.2, 0) is 9.47 Å². The predicted molar refractivity (Wildman–Crippen MR) is 69.1 cm³/mol. The number of aliphatic hydroxyl groups excluding tert-OH is 2. The van der Waals surface area contributed by atoms with Crippen LogP contribution >= 0.6 is 0 Å². The molecule has 1 aliphatic heterocycles. The van der Waals surface area contributed by atoms with Crippen molar-refractivity contribution >= 4 is 11.2 Å². The average Bonchev–Trinajstić information content (AvgIpc) is 3.02. The number of ether oxygens (including phenoxy) is 2. The molecule has 2 aromatic rings. The summed E-state index contributed by atoms with van der Waals surface area (Å²) in [5, 5.41) is 29.4. The molecule has 4 atom stereocenters. The average molecular weight is 296 g/mol. The fraction of sp³-hybridized carbons (Fsp3) is 0.583. The first kappa shape index (κ1) is 14.1. The highest BCUT2D eigenvalue weighted by molar-refractivity contribution is 5.75. The number of hydrogen-bond acceptors (Lipinski definition) is 8. The molecule has 9 nitrogen and oxygen atoms in total. The van der Waals surface area contributed by atoms with Gasteiger partial charge in [-0.3, -0.25) is 4.57 Å². The Labute approximate surface area is 119 Å². The van der Waals surface area contributed by atoms with Gasteiger partial charge in [-0.05, 0) is 0 Å². The Hall–Kier alpha value is -1.81. The Morgan fingerprint density at radius 3 is 2.81 bits per heavy atom. The Balaban J connectivity index is 2.06. The van der Waals surface area contributed by atoms with Crippen LogP contribution in [0.3, 0.4) is 0 Å². The Morgan fingerprint density at radius 1 is 1.43 bits per heavy atom. The molecule has 9 heteroatoms. The molecule has 0 radical (unpaired) electrons. The molecule has 114 valence electrons. The Bertz CT molecular complexity index is 656. The van der Waals surface area contributed by atoms with Crippen LogP contribution in [0.2, 0.25) is 0 Å². The van der Waals surface area contributed by atoms with E-state index in [0.717, 1.165) is 0 Å². The van der Waals surface area contributed by atoms with E-state index >= 15 is 0 Å². The molecule has 0 aromatic carbocycles. The summed E-state index contributed by atoms with van der Waals surface area (Å²) < 4.78 is 12.5. The van der Waals surface area contributed by atoms with Crippen molar-refractivity contribution < 1.29 is 24.8 Å². The molecule has 0 bridgehead atoms. The monoisotopic (exact) mass is 296 g/mol. The fourth-order valence-corrected chi connectivity index (χ4v) is 2.64. The third-order valence-electron chi connectivity index (χ3n) is 3.90. The van der Waals surface area contributed by atoms with Gasteiger partial charge in [0.1, 0.15) is 18.7 Å². The van der Waals surface area contributed by atoms with Gasteiger partial charge in [-0.15, -0.1) is 0 Å². The molecule has 0 aliphatic carbocycles. The topological polar surface area (TPSA) is 123 Å². The van der Waals surface area contributed by atoms with Crippen LogP contribution in [0.15, 0.2) is 12.7 Å². The van der Waals surface area contributed by atoms with Gasteiger partial charge in [0.05, 0.1) is 12.9 Å². The normalized spacial score (nSPS) is 32.9. The smallest absolute Gasteiger partial charge is 0.242 e. The molecule has 1 saturated heterocycles. The Morgan fingerprint density at radius 2 is 2.19 bits per heavy atom. The zero-order chi connectivity index (χ0) is 15.2. The van der Waals surface area contributed by atoms with E-state index in [1.807, 2.05) is 0 Å². The molecular formula is C12H16N4O5. The number of methoxy groups -OCH3 is 1. The van der Waals surface area contributed by atoms with E-state index in [4.69, 9.17) is 9.47 Å². The first-order chi connectivity index (χ1) is 10.0. The van der Waals surface area contributed by atoms with E-state index in [-0.39, 0.29) is 17.3 Å². The largest absolute Gasteiger partial charge is 0.492 e. The van der Waals surface area contributed by atoms with Crippen LogP contribution in [0, 0.1) is 5.92 Å². The number of aromatic nitrogens is 4. The second-order valence-corrected chi connectivity index (χ2v) is 5.01. The molecular weight excluding hydrogens is 280 g/mol. The van der Waals surface area contributed by atoms with Gasteiger partial charge in [0.2, 0.25) is 11.7 Å². The predicted octanol–water partition coefficient (Wildman–Crippen LogP) is -0.607. The first-order valence-electron chi connectivity index (χ1n) is 6.42. The van der Waals surface area contributed by atoms with E-state index < -0.39 is 24.7 Å². The van der Waals surface area contributed by atoms with Crippen molar-refractivity contribution in [3.63, 3.8) is 0 Å². The van der Waals surface area contributed by atoms with Crippen molar-refractivity contribution in [3.05, 3.63) is 12.7 Å². The van der Waals surface area contributed by atoms with Crippen LogP contribution in [0.5, 0.6) is 5.88 Å². The SMILES string of the molecule is CO[C@]1(CO)O[C@@H](n2cnc3c(O)ncnc32)[C@H](C)[C@@H]1O. The number of fused-ring (bicyclic) bond motifs is 1. The lowest BCUT2D eigenvalue weighted by atomic mass is 10.00. The van der Waals surface area contributed by atoms with E-state index in [2.05, 4.69) is 15.0 Å². The highest BCUT2D eigenvalue weighted by Crippen LogP contribution is 2.42. The molecule has 0 unspecified atom stereocenters. The fourth-order valence-electron chi connectivity index (χ4n) is 2.64. The van der Waals surface area contributed by atoms with E-state index in [0.29, 0.717) is 5.65 Å². The minimum absolute atomic E-state index is 0.231. The summed E-state index contributed by atoms with van der Waals surface area (Å²) in [6.07, 6.45) is 0.981. The van der Waals surface area contributed by atoms with Gasteiger partial charge in [0, 0.05) is 13.0 Å². The zero-order valence-corrected chi connectivity index (χ0v) is 11.5. The summed E-state index contributed by atoms with van der Waals surface area (Å²) in [6, 6.07) is 0. The molecule has 1 aliphatic rings. The van der Waals surface area contributed by atoms with Crippen molar-refractivity contribution in [2.45, 2.75) is 25.0 Å². The molecule has 3 N–H and O–H groups in total. The van der Waals surface area contributed by atoms with Crippen molar-refractivity contribution in [1.29, 1.82) is 0 Å². The van der Waals surface area contributed by atoms with E-state index in [9.17, 15) is 15.3 Å². The number of nitrogens with zero attached hydrogens (tertiary/aromatic N) is 4. The lowest BCUT2D eigenvalue weighted by Gasteiger charge is -2.28. The maximum atomic E-state index is 10.3. The molecule has 1 fully saturated rings. The molecule has 0 saturated carbocycles. The highest BCUT2D eigenvalue weighted by atomic mass is 16.7. The van der Waals surface area contributed by atoms with Gasteiger partial charge in [-0.2, -0.15) is 4.98 Å². The van der Waals surface area contributed by atoms with Crippen LogP contribution in [0.1, 0.15) is 13.2 Å². The minimum atomic E-state index is -1.49. The number of imidazole rings is 1. The van der Waals surface area contributed by atoms with Gasteiger partial charge in [0.15, 0.2) is 11.2 Å². The summed E-state index contributed by atoms with van der Waals surface area (Å²) in [4.78, 5) is 11.8. The van der Waals surface area contributed by atoms with Gasteiger partial charge < -0.3 is 24.8 Å². The van der Waals surface area contributed by atoms with Gasteiger partial charge in [0.25, 0.3) is 0 Å². The van der Waals surface area contributed by atoms with Crippen LogP contribution in [0.4, 0.5) is 0 Å². The minimum Gasteiger partial charge on any atom is -0.492 e. The number of rotatable bonds is 3. The maximum absolute atomic E-state index is 10.3. The quantitative estimate of drug-likeness (QED) is 0.685. The number of aliphatic hydroxyl groups is 2. The lowest BCUT2D eigenvalue weighted by molar-refractivity contribution is -0.269. The summed E-state index contributed by atoms with van der Waals surface area (Å²) in [5.41, 5.74) is 0.609. The van der Waals surface area contributed by atoms with Crippen molar-refractivity contribution in [2.75, 3.05) is 13.7 Å².